The fraction of sp³-hybridized carbons (Fsp3) is 0.625. The molecule has 4 nitrogen and oxygen atoms in total. The molecule has 1 heterocycles. The second kappa shape index (κ2) is 6.02. The first-order chi connectivity index (χ1) is 9.76. The lowest BCUT2D eigenvalue weighted by Gasteiger charge is -2.24. The molecule has 20 heavy (non-hydrogen) atoms. The number of nitrogens with two attached hydrogens (primary N) is 1. The minimum absolute atomic E-state index is 0.195. The number of ether oxygens (including phenoxy) is 2. The molecule has 1 aliphatic carbocycles. The lowest BCUT2D eigenvalue weighted by Crippen LogP contribution is -2.35. The van der Waals surface area contributed by atoms with Gasteiger partial charge in [-0.3, -0.25) is 0 Å². The summed E-state index contributed by atoms with van der Waals surface area (Å²) < 4.78 is 11.2. The van der Waals surface area contributed by atoms with Crippen molar-refractivity contribution in [2.75, 3.05) is 19.8 Å². The molecule has 4 heteroatoms. The van der Waals surface area contributed by atoms with Crippen LogP contribution in [0.2, 0.25) is 0 Å². The summed E-state index contributed by atoms with van der Waals surface area (Å²) in [6.45, 7) is 4.18. The zero-order valence-electron chi connectivity index (χ0n) is 12.1. The van der Waals surface area contributed by atoms with Gasteiger partial charge in [0.1, 0.15) is 13.2 Å². The summed E-state index contributed by atoms with van der Waals surface area (Å²) in [6.07, 6.45) is 3.82. The Balaban J connectivity index is 1.72. The Morgan fingerprint density at radius 2 is 2.05 bits per heavy atom. The predicted molar refractivity (Wildman–Crippen MR) is 79.2 cm³/mol. The van der Waals surface area contributed by atoms with Crippen molar-refractivity contribution in [1.29, 1.82) is 0 Å². The van der Waals surface area contributed by atoms with Crippen molar-refractivity contribution in [1.82, 2.24) is 5.32 Å². The Kier molecular flexibility index (Phi) is 4.13. The maximum atomic E-state index is 5.96. The van der Waals surface area contributed by atoms with Crippen LogP contribution in [0.3, 0.4) is 0 Å². The minimum atomic E-state index is 0.195. The van der Waals surface area contributed by atoms with Gasteiger partial charge in [0.25, 0.3) is 0 Å². The minimum Gasteiger partial charge on any atom is -0.486 e. The van der Waals surface area contributed by atoms with Gasteiger partial charge in [-0.2, -0.15) is 0 Å². The molecular weight excluding hydrogens is 252 g/mol. The van der Waals surface area contributed by atoms with Crippen molar-refractivity contribution in [3.8, 4) is 11.5 Å². The second-order valence-electron chi connectivity index (χ2n) is 5.97. The van der Waals surface area contributed by atoms with E-state index in [0.717, 1.165) is 17.4 Å². The zero-order chi connectivity index (χ0) is 13.9. The molecule has 0 bridgehead atoms. The van der Waals surface area contributed by atoms with Gasteiger partial charge in [0.15, 0.2) is 11.5 Å². The highest BCUT2D eigenvalue weighted by Gasteiger charge is 2.24. The van der Waals surface area contributed by atoms with Gasteiger partial charge in [-0.25, -0.2) is 0 Å². The van der Waals surface area contributed by atoms with Crippen LogP contribution >= 0.6 is 0 Å². The van der Waals surface area contributed by atoms with Crippen LogP contribution < -0.4 is 20.5 Å². The summed E-state index contributed by atoms with van der Waals surface area (Å²) in [4.78, 5) is 0. The van der Waals surface area contributed by atoms with Crippen LogP contribution in [0, 0.1) is 5.92 Å². The Labute approximate surface area is 120 Å². The van der Waals surface area contributed by atoms with E-state index in [1.807, 2.05) is 6.07 Å². The number of hydrogen-bond donors (Lipinski definition) is 2. The number of nitrogens with one attached hydrogen (secondary N) is 1. The zero-order valence-corrected chi connectivity index (χ0v) is 12.1. The molecule has 3 rings (SSSR count). The number of rotatable bonds is 4. The number of benzene rings is 1. The molecule has 0 spiro atoms. The first-order valence-electron chi connectivity index (χ1n) is 7.62. The van der Waals surface area contributed by atoms with Crippen molar-refractivity contribution in [3.63, 3.8) is 0 Å². The van der Waals surface area contributed by atoms with Gasteiger partial charge < -0.3 is 20.5 Å². The second-order valence-corrected chi connectivity index (χ2v) is 5.97. The third-order valence-electron chi connectivity index (χ3n) is 4.34. The molecule has 0 amide bonds. The maximum absolute atomic E-state index is 5.96. The van der Waals surface area contributed by atoms with E-state index in [2.05, 4.69) is 24.4 Å². The lowest BCUT2D eigenvalue weighted by molar-refractivity contribution is 0.171. The largest absolute Gasteiger partial charge is 0.486 e. The molecule has 1 saturated carbocycles. The van der Waals surface area contributed by atoms with Gasteiger partial charge in [0, 0.05) is 18.6 Å². The molecule has 110 valence electrons. The fourth-order valence-corrected chi connectivity index (χ4v) is 3.22. The van der Waals surface area contributed by atoms with Crippen LogP contribution in [0.4, 0.5) is 0 Å². The fourth-order valence-electron chi connectivity index (χ4n) is 3.22. The third kappa shape index (κ3) is 2.91. The van der Waals surface area contributed by atoms with Crippen LogP contribution in [0.25, 0.3) is 0 Å². The first-order valence-corrected chi connectivity index (χ1v) is 7.62. The van der Waals surface area contributed by atoms with Crippen LogP contribution in [0.5, 0.6) is 11.5 Å². The molecule has 2 aliphatic rings. The van der Waals surface area contributed by atoms with E-state index in [0.29, 0.717) is 25.8 Å². The normalized spacial score (nSPS) is 26.5. The van der Waals surface area contributed by atoms with Gasteiger partial charge in [-0.15, -0.1) is 0 Å². The van der Waals surface area contributed by atoms with E-state index in [9.17, 15) is 0 Å². The highest BCUT2D eigenvalue weighted by molar-refractivity contribution is 5.44. The summed E-state index contributed by atoms with van der Waals surface area (Å²) in [5.74, 6) is 2.50. The third-order valence-corrected chi connectivity index (χ3v) is 4.34. The van der Waals surface area contributed by atoms with Crippen molar-refractivity contribution in [3.05, 3.63) is 23.8 Å². The molecule has 0 aromatic heterocycles. The summed E-state index contributed by atoms with van der Waals surface area (Å²) in [7, 11) is 0. The molecule has 1 aromatic carbocycles. The monoisotopic (exact) mass is 276 g/mol. The molecule has 1 aromatic rings. The first kappa shape index (κ1) is 13.7. The Morgan fingerprint density at radius 3 is 2.75 bits per heavy atom. The molecule has 3 unspecified atom stereocenters. The van der Waals surface area contributed by atoms with E-state index in [1.165, 1.54) is 24.8 Å². The molecule has 1 aliphatic heterocycles. The smallest absolute Gasteiger partial charge is 0.161 e. The summed E-state index contributed by atoms with van der Waals surface area (Å²) in [5.41, 5.74) is 7.15. The Morgan fingerprint density at radius 1 is 1.25 bits per heavy atom. The lowest BCUT2D eigenvalue weighted by atomic mass is 10.0. The summed E-state index contributed by atoms with van der Waals surface area (Å²) >= 11 is 0. The molecular formula is C16H24N2O2. The Bertz CT molecular complexity index is 464. The van der Waals surface area contributed by atoms with E-state index in [1.54, 1.807) is 0 Å². The molecule has 3 atom stereocenters. The van der Waals surface area contributed by atoms with Crippen molar-refractivity contribution in [2.45, 2.75) is 38.3 Å². The van der Waals surface area contributed by atoms with E-state index >= 15 is 0 Å². The standard InChI is InChI=1S/C16H24N2O2/c1-11-2-4-13(8-11)18-14(10-17)12-3-5-15-16(9-12)20-7-6-19-15/h3,5,9,11,13-14,18H,2,4,6-8,10,17H2,1H3. The Hall–Kier alpha value is -1.26. The summed E-state index contributed by atoms with van der Waals surface area (Å²) in [5, 5.41) is 3.70. The predicted octanol–water partition coefficient (Wildman–Crippen LogP) is 2.24. The molecule has 3 N–H and O–H groups in total. The van der Waals surface area contributed by atoms with Crippen molar-refractivity contribution in [2.24, 2.45) is 11.7 Å². The van der Waals surface area contributed by atoms with Gasteiger partial charge in [0.05, 0.1) is 0 Å². The van der Waals surface area contributed by atoms with Gasteiger partial charge in [-0.1, -0.05) is 13.0 Å². The van der Waals surface area contributed by atoms with Gasteiger partial charge in [-0.05, 0) is 42.9 Å². The van der Waals surface area contributed by atoms with Crippen LogP contribution in [0.1, 0.15) is 37.8 Å². The molecule has 0 radical (unpaired) electrons. The SMILES string of the molecule is CC1CCC(NC(CN)c2ccc3c(c2)OCCO3)C1. The van der Waals surface area contributed by atoms with E-state index in [-0.39, 0.29) is 6.04 Å². The van der Waals surface area contributed by atoms with Gasteiger partial charge >= 0.3 is 0 Å². The van der Waals surface area contributed by atoms with Crippen molar-refractivity contribution >= 4 is 0 Å². The number of fused-ring (bicyclic) bond motifs is 1. The van der Waals surface area contributed by atoms with Crippen LogP contribution in [-0.4, -0.2) is 25.8 Å². The molecule has 0 saturated heterocycles. The van der Waals surface area contributed by atoms with E-state index in [4.69, 9.17) is 15.2 Å². The number of hydrogen-bond acceptors (Lipinski definition) is 4. The van der Waals surface area contributed by atoms with Crippen LogP contribution in [-0.2, 0) is 0 Å². The topological polar surface area (TPSA) is 56.5 Å². The average Bonchev–Trinajstić information content (AvgIpc) is 2.89. The quantitative estimate of drug-likeness (QED) is 0.885. The maximum Gasteiger partial charge on any atom is 0.161 e. The van der Waals surface area contributed by atoms with Crippen LogP contribution in [0.15, 0.2) is 18.2 Å². The highest BCUT2D eigenvalue weighted by Crippen LogP contribution is 2.33. The van der Waals surface area contributed by atoms with Crippen molar-refractivity contribution < 1.29 is 9.47 Å². The average molecular weight is 276 g/mol. The molecule has 1 fully saturated rings. The highest BCUT2D eigenvalue weighted by atomic mass is 16.6. The van der Waals surface area contributed by atoms with E-state index < -0.39 is 0 Å². The summed E-state index contributed by atoms with van der Waals surface area (Å²) in [6, 6.07) is 6.94. The van der Waals surface area contributed by atoms with Gasteiger partial charge in [0.2, 0.25) is 0 Å².